The van der Waals surface area contributed by atoms with Crippen molar-refractivity contribution in [3.8, 4) is 5.75 Å². The van der Waals surface area contributed by atoms with Crippen LogP contribution in [0.15, 0.2) is 61.2 Å². The molecule has 186 valence electrons. The van der Waals surface area contributed by atoms with Crippen molar-refractivity contribution in [3.63, 3.8) is 0 Å². The molecule has 2 amide bonds. The average Bonchev–Trinajstić information content (AvgIpc) is 2.86. The van der Waals surface area contributed by atoms with Gasteiger partial charge >= 0.3 is 0 Å². The topological polar surface area (TPSA) is 53.1 Å². The Balaban J connectivity index is 1.52. The highest BCUT2D eigenvalue weighted by molar-refractivity contribution is 5.83. The van der Waals surface area contributed by atoms with Gasteiger partial charge in [0, 0.05) is 44.7 Å². The summed E-state index contributed by atoms with van der Waals surface area (Å²) in [5, 5.41) is 0. The number of benzene rings is 2. The highest BCUT2D eigenvalue weighted by atomic mass is 16.5. The number of hydrogen-bond donors (Lipinski definition) is 0. The summed E-state index contributed by atoms with van der Waals surface area (Å²) in [5.41, 5.74) is 2.90. The molecule has 2 aromatic carbocycles. The number of amides is 2. The SMILES string of the molecule is C=CCN1CCN(C(=O)COc2ccc3c(c2)[C@H](c2ccccc2)N(C(=O)C(C)(C)C)CC3)CC1. The Morgan fingerprint density at radius 2 is 1.74 bits per heavy atom. The van der Waals surface area contributed by atoms with Crippen LogP contribution in [0.4, 0.5) is 0 Å². The van der Waals surface area contributed by atoms with E-state index in [9.17, 15) is 9.59 Å². The second-order valence-corrected chi connectivity index (χ2v) is 10.4. The molecule has 1 atom stereocenters. The van der Waals surface area contributed by atoms with Crippen molar-refractivity contribution in [1.82, 2.24) is 14.7 Å². The van der Waals surface area contributed by atoms with Crippen LogP contribution in [-0.4, -0.2) is 72.4 Å². The molecular formula is C29H37N3O3. The molecule has 0 aromatic heterocycles. The molecule has 0 unspecified atom stereocenters. The van der Waals surface area contributed by atoms with Gasteiger partial charge in [0.25, 0.3) is 5.91 Å². The van der Waals surface area contributed by atoms with E-state index in [4.69, 9.17) is 4.74 Å². The second kappa shape index (κ2) is 10.6. The van der Waals surface area contributed by atoms with E-state index >= 15 is 0 Å². The van der Waals surface area contributed by atoms with E-state index in [0.717, 1.165) is 37.2 Å². The fraction of sp³-hybridized carbons (Fsp3) is 0.448. The van der Waals surface area contributed by atoms with Crippen LogP contribution >= 0.6 is 0 Å². The van der Waals surface area contributed by atoms with Crippen LogP contribution in [-0.2, 0) is 16.0 Å². The predicted octanol–water partition coefficient (Wildman–Crippen LogP) is 3.92. The van der Waals surface area contributed by atoms with Gasteiger partial charge in [0.1, 0.15) is 5.75 Å². The van der Waals surface area contributed by atoms with Crippen molar-refractivity contribution < 1.29 is 14.3 Å². The number of nitrogens with zero attached hydrogens (tertiary/aromatic N) is 3. The van der Waals surface area contributed by atoms with E-state index < -0.39 is 5.41 Å². The van der Waals surface area contributed by atoms with Crippen molar-refractivity contribution >= 4 is 11.8 Å². The monoisotopic (exact) mass is 475 g/mol. The molecule has 6 heteroatoms. The summed E-state index contributed by atoms with van der Waals surface area (Å²) in [6.07, 6.45) is 2.70. The van der Waals surface area contributed by atoms with Crippen LogP contribution in [0.5, 0.6) is 5.75 Å². The number of fused-ring (bicyclic) bond motifs is 1. The molecule has 0 spiro atoms. The van der Waals surface area contributed by atoms with E-state index in [2.05, 4.69) is 29.7 Å². The zero-order valence-corrected chi connectivity index (χ0v) is 21.2. The Kier molecular flexibility index (Phi) is 7.60. The Hall–Kier alpha value is -3.12. The number of hydrogen-bond acceptors (Lipinski definition) is 4. The smallest absolute Gasteiger partial charge is 0.260 e. The molecule has 0 N–H and O–H groups in total. The van der Waals surface area contributed by atoms with Crippen LogP contribution in [0.2, 0.25) is 0 Å². The summed E-state index contributed by atoms with van der Waals surface area (Å²) in [7, 11) is 0. The highest BCUT2D eigenvalue weighted by Gasteiger charge is 2.37. The van der Waals surface area contributed by atoms with Gasteiger partial charge in [-0.25, -0.2) is 0 Å². The lowest BCUT2D eigenvalue weighted by molar-refractivity contribution is -0.141. The van der Waals surface area contributed by atoms with Gasteiger partial charge in [-0.05, 0) is 35.2 Å². The quantitative estimate of drug-likeness (QED) is 0.595. The molecule has 0 saturated carbocycles. The molecule has 0 bridgehead atoms. The van der Waals surface area contributed by atoms with Crippen molar-refractivity contribution in [3.05, 3.63) is 77.9 Å². The fourth-order valence-corrected chi connectivity index (χ4v) is 4.93. The van der Waals surface area contributed by atoms with E-state index in [0.29, 0.717) is 25.4 Å². The van der Waals surface area contributed by atoms with Crippen LogP contribution in [0.1, 0.15) is 43.5 Å². The van der Waals surface area contributed by atoms with Crippen molar-refractivity contribution in [2.75, 3.05) is 45.9 Å². The maximum atomic E-state index is 13.4. The molecule has 35 heavy (non-hydrogen) atoms. The summed E-state index contributed by atoms with van der Waals surface area (Å²) >= 11 is 0. The van der Waals surface area contributed by atoms with Crippen LogP contribution in [0.3, 0.4) is 0 Å². The van der Waals surface area contributed by atoms with Crippen molar-refractivity contribution in [1.29, 1.82) is 0 Å². The normalized spacial score (nSPS) is 18.7. The van der Waals surface area contributed by atoms with Gasteiger partial charge in [0.05, 0.1) is 6.04 Å². The molecule has 2 aliphatic rings. The van der Waals surface area contributed by atoms with Crippen LogP contribution in [0, 0.1) is 5.41 Å². The number of carbonyl (C=O) groups is 2. The molecule has 0 aliphatic carbocycles. The Morgan fingerprint density at radius 3 is 2.40 bits per heavy atom. The van der Waals surface area contributed by atoms with E-state index in [1.54, 1.807) is 0 Å². The van der Waals surface area contributed by atoms with Crippen molar-refractivity contribution in [2.45, 2.75) is 33.2 Å². The Labute approximate surface area is 209 Å². The van der Waals surface area contributed by atoms with Crippen molar-refractivity contribution in [2.24, 2.45) is 5.41 Å². The zero-order valence-electron chi connectivity index (χ0n) is 21.2. The van der Waals surface area contributed by atoms with Gasteiger partial charge < -0.3 is 14.5 Å². The van der Waals surface area contributed by atoms with E-state index in [1.165, 1.54) is 5.56 Å². The number of rotatable bonds is 6. The maximum Gasteiger partial charge on any atom is 0.260 e. The minimum atomic E-state index is -0.471. The van der Waals surface area contributed by atoms with E-state index in [1.807, 2.05) is 67.0 Å². The standard InChI is InChI=1S/C29H37N3O3/c1-5-14-30-16-18-31(19-17-30)26(33)21-35-24-12-11-22-13-15-32(28(34)29(2,3)4)27(25(22)20-24)23-9-7-6-8-10-23/h5-12,20,27H,1,13-19,21H2,2-4H3/t27-/m0/s1. The average molecular weight is 476 g/mol. The third kappa shape index (κ3) is 5.76. The molecule has 1 saturated heterocycles. The summed E-state index contributed by atoms with van der Waals surface area (Å²) in [6, 6.07) is 16.0. The third-order valence-corrected chi connectivity index (χ3v) is 6.84. The second-order valence-electron chi connectivity index (χ2n) is 10.4. The molecule has 0 radical (unpaired) electrons. The summed E-state index contributed by atoms with van der Waals surface area (Å²) in [4.78, 5) is 32.3. The molecule has 2 aromatic rings. The fourth-order valence-electron chi connectivity index (χ4n) is 4.93. The first-order chi connectivity index (χ1) is 16.8. The van der Waals surface area contributed by atoms with Gasteiger partial charge in [0.15, 0.2) is 6.61 Å². The van der Waals surface area contributed by atoms with E-state index in [-0.39, 0.29) is 24.5 Å². The predicted molar refractivity (Wildman–Crippen MR) is 138 cm³/mol. The number of ether oxygens (including phenoxy) is 1. The molecule has 6 nitrogen and oxygen atoms in total. The molecule has 2 aliphatic heterocycles. The van der Waals surface area contributed by atoms with Gasteiger partial charge in [-0.3, -0.25) is 14.5 Å². The molecule has 2 heterocycles. The first kappa shape index (κ1) is 25.0. The summed E-state index contributed by atoms with van der Waals surface area (Å²) in [5.74, 6) is 0.799. The molecular weight excluding hydrogens is 438 g/mol. The number of carbonyl (C=O) groups excluding carboxylic acids is 2. The highest BCUT2D eigenvalue weighted by Crippen LogP contribution is 2.39. The molecule has 1 fully saturated rings. The first-order valence-electron chi connectivity index (χ1n) is 12.5. The summed E-state index contributed by atoms with van der Waals surface area (Å²) in [6.45, 7) is 14.4. The summed E-state index contributed by atoms with van der Waals surface area (Å²) < 4.78 is 5.98. The lowest BCUT2D eigenvalue weighted by atomic mass is 9.85. The maximum absolute atomic E-state index is 13.4. The molecule has 4 rings (SSSR count). The largest absolute Gasteiger partial charge is 0.484 e. The third-order valence-electron chi connectivity index (χ3n) is 6.84. The Bertz CT molecular complexity index is 1050. The Morgan fingerprint density at radius 1 is 1.03 bits per heavy atom. The lowest BCUT2D eigenvalue weighted by Gasteiger charge is -2.41. The minimum Gasteiger partial charge on any atom is -0.484 e. The van der Waals surface area contributed by atoms with Gasteiger partial charge in [-0.2, -0.15) is 0 Å². The first-order valence-corrected chi connectivity index (χ1v) is 12.5. The van der Waals surface area contributed by atoms with Crippen LogP contribution < -0.4 is 4.74 Å². The van der Waals surface area contributed by atoms with Gasteiger partial charge in [-0.1, -0.05) is 63.2 Å². The minimum absolute atomic E-state index is 0.00474. The van der Waals surface area contributed by atoms with Gasteiger partial charge in [-0.15, -0.1) is 6.58 Å². The number of piperazine rings is 1. The lowest BCUT2D eigenvalue weighted by Crippen LogP contribution is -2.49. The van der Waals surface area contributed by atoms with Crippen LogP contribution in [0.25, 0.3) is 0 Å². The van der Waals surface area contributed by atoms with Gasteiger partial charge in [0.2, 0.25) is 5.91 Å². The zero-order chi connectivity index (χ0) is 25.0.